The van der Waals surface area contributed by atoms with Crippen molar-refractivity contribution in [3.8, 4) is 0 Å². The molecule has 2 rings (SSSR count). The summed E-state index contributed by atoms with van der Waals surface area (Å²) in [5.74, 6) is 1.57. The summed E-state index contributed by atoms with van der Waals surface area (Å²) >= 11 is 0. The van der Waals surface area contributed by atoms with Crippen molar-refractivity contribution in [2.75, 3.05) is 19.6 Å². The standard InChI is InChI=1S/C15H25N3O/c1-5-14-16-13-7-9-18(10-11(2)3)8-6-12(13)15(19)17(14)4/h11H,5-10H2,1-4H3. The second-order valence-electron chi connectivity index (χ2n) is 5.87. The van der Waals surface area contributed by atoms with E-state index in [0.29, 0.717) is 5.92 Å². The van der Waals surface area contributed by atoms with E-state index in [2.05, 4.69) is 25.7 Å². The minimum atomic E-state index is 0.160. The van der Waals surface area contributed by atoms with Crippen LogP contribution in [0.2, 0.25) is 0 Å². The number of aromatic nitrogens is 2. The summed E-state index contributed by atoms with van der Waals surface area (Å²) in [6.07, 6.45) is 2.56. The second-order valence-corrected chi connectivity index (χ2v) is 5.87. The fourth-order valence-electron chi connectivity index (χ4n) is 2.86. The fraction of sp³-hybridized carbons (Fsp3) is 0.733. The predicted octanol–water partition coefficient (Wildman–Crippen LogP) is 1.40. The summed E-state index contributed by atoms with van der Waals surface area (Å²) in [4.78, 5) is 19.5. The van der Waals surface area contributed by atoms with Crippen LogP contribution >= 0.6 is 0 Å². The first kappa shape index (κ1) is 14.3. The van der Waals surface area contributed by atoms with Crippen LogP contribution < -0.4 is 5.56 Å². The van der Waals surface area contributed by atoms with Crippen LogP contribution in [0.4, 0.5) is 0 Å². The van der Waals surface area contributed by atoms with Gasteiger partial charge < -0.3 is 4.90 Å². The Hall–Kier alpha value is -1.16. The van der Waals surface area contributed by atoms with Gasteiger partial charge in [-0.05, 0) is 12.3 Å². The maximum Gasteiger partial charge on any atom is 0.256 e. The predicted molar refractivity (Wildman–Crippen MR) is 77.5 cm³/mol. The first-order valence-corrected chi connectivity index (χ1v) is 7.33. The Labute approximate surface area is 115 Å². The molecule has 0 saturated heterocycles. The number of hydrogen-bond donors (Lipinski definition) is 0. The zero-order valence-electron chi connectivity index (χ0n) is 12.6. The average Bonchev–Trinajstić information content (AvgIpc) is 2.56. The van der Waals surface area contributed by atoms with Gasteiger partial charge in [0, 0.05) is 45.1 Å². The lowest BCUT2D eigenvalue weighted by Crippen LogP contribution is -2.30. The largest absolute Gasteiger partial charge is 0.302 e. The molecule has 1 aliphatic heterocycles. The van der Waals surface area contributed by atoms with E-state index in [1.165, 1.54) is 0 Å². The quantitative estimate of drug-likeness (QED) is 0.827. The molecule has 0 radical (unpaired) electrons. The van der Waals surface area contributed by atoms with Gasteiger partial charge in [-0.1, -0.05) is 20.8 Å². The molecule has 1 aromatic heterocycles. The van der Waals surface area contributed by atoms with E-state index in [1.54, 1.807) is 4.57 Å². The van der Waals surface area contributed by atoms with E-state index in [4.69, 9.17) is 4.98 Å². The number of nitrogens with zero attached hydrogens (tertiary/aromatic N) is 3. The highest BCUT2D eigenvalue weighted by atomic mass is 16.1. The third-order valence-corrected chi connectivity index (χ3v) is 3.84. The van der Waals surface area contributed by atoms with Gasteiger partial charge in [0.05, 0.1) is 5.69 Å². The van der Waals surface area contributed by atoms with E-state index in [0.717, 1.165) is 56.0 Å². The van der Waals surface area contributed by atoms with Crippen molar-refractivity contribution < 1.29 is 0 Å². The van der Waals surface area contributed by atoms with Crippen LogP contribution in [0, 0.1) is 5.92 Å². The van der Waals surface area contributed by atoms with Crippen LogP contribution in [-0.4, -0.2) is 34.1 Å². The van der Waals surface area contributed by atoms with Gasteiger partial charge in [0.25, 0.3) is 5.56 Å². The summed E-state index contributed by atoms with van der Waals surface area (Å²) < 4.78 is 1.72. The SMILES string of the molecule is CCc1nc2c(c(=O)n1C)CCN(CC(C)C)CC2. The molecule has 0 fully saturated rings. The summed E-state index contributed by atoms with van der Waals surface area (Å²) in [6.45, 7) is 9.64. The molecule has 4 nitrogen and oxygen atoms in total. The average molecular weight is 263 g/mol. The third-order valence-electron chi connectivity index (χ3n) is 3.84. The van der Waals surface area contributed by atoms with Crippen LogP contribution in [0.15, 0.2) is 4.79 Å². The Morgan fingerprint density at radius 3 is 2.58 bits per heavy atom. The maximum absolute atomic E-state index is 12.4. The van der Waals surface area contributed by atoms with Crippen LogP contribution in [-0.2, 0) is 26.3 Å². The number of rotatable bonds is 3. The highest BCUT2D eigenvalue weighted by molar-refractivity contribution is 5.21. The van der Waals surface area contributed by atoms with E-state index in [9.17, 15) is 4.79 Å². The van der Waals surface area contributed by atoms with Gasteiger partial charge >= 0.3 is 0 Å². The molecule has 0 aromatic carbocycles. The molecule has 0 aliphatic carbocycles. The molecule has 1 aliphatic rings. The Morgan fingerprint density at radius 2 is 1.95 bits per heavy atom. The van der Waals surface area contributed by atoms with E-state index in [-0.39, 0.29) is 5.56 Å². The molecule has 0 amide bonds. The summed E-state index contributed by atoms with van der Waals surface area (Å²) in [7, 11) is 1.84. The Bertz CT molecular complexity index is 505. The Morgan fingerprint density at radius 1 is 1.26 bits per heavy atom. The molecule has 0 saturated carbocycles. The lowest BCUT2D eigenvalue weighted by atomic mass is 10.1. The highest BCUT2D eigenvalue weighted by Gasteiger charge is 2.20. The lowest BCUT2D eigenvalue weighted by molar-refractivity contribution is 0.255. The lowest BCUT2D eigenvalue weighted by Gasteiger charge is -2.21. The van der Waals surface area contributed by atoms with E-state index < -0.39 is 0 Å². The molecule has 0 bridgehead atoms. The topological polar surface area (TPSA) is 38.1 Å². The maximum atomic E-state index is 12.4. The normalized spacial score (nSPS) is 16.5. The third kappa shape index (κ3) is 3.06. The summed E-state index contributed by atoms with van der Waals surface area (Å²) in [5.41, 5.74) is 2.13. The van der Waals surface area contributed by atoms with Gasteiger partial charge in [-0.3, -0.25) is 9.36 Å². The number of aryl methyl sites for hydroxylation is 1. The smallest absolute Gasteiger partial charge is 0.256 e. The molecular formula is C15H25N3O. The van der Waals surface area contributed by atoms with Gasteiger partial charge in [-0.2, -0.15) is 0 Å². The van der Waals surface area contributed by atoms with E-state index >= 15 is 0 Å². The van der Waals surface area contributed by atoms with Gasteiger partial charge in [0.1, 0.15) is 5.82 Å². The van der Waals surface area contributed by atoms with Gasteiger partial charge in [0.2, 0.25) is 0 Å². The van der Waals surface area contributed by atoms with Gasteiger partial charge in [-0.15, -0.1) is 0 Å². The zero-order chi connectivity index (χ0) is 14.0. The van der Waals surface area contributed by atoms with Crippen molar-refractivity contribution in [3.63, 3.8) is 0 Å². The zero-order valence-corrected chi connectivity index (χ0v) is 12.6. The molecule has 4 heteroatoms. The van der Waals surface area contributed by atoms with Gasteiger partial charge in [0.15, 0.2) is 0 Å². The van der Waals surface area contributed by atoms with E-state index in [1.807, 2.05) is 7.05 Å². The molecule has 0 unspecified atom stereocenters. The monoisotopic (exact) mass is 263 g/mol. The highest BCUT2D eigenvalue weighted by Crippen LogP contribution is 2.12. The van der Waals surface area contributed by atoms with Crippen molar-refractivity contribution in [2.45, 2.75) is 40.0 Å². The Kier molecular flexibility index (Phi) is 4.40. The molecule has 19 heavy (non-hydrogen) atoms. The fourth-order valence-corrected chi connectivity index (χ4v) is 2.86. The molecule has 0 spiro atoms. The number of hydrogen-bond acceptors (Lipinski definition) is 3. The molecule has 0 N–H and O–H groups in total. The van der Waals surface area contributed by atoms with Crippen molar-refractivity contribution in [1.29, 1.82) is 0 Å². The van der Waals surface area contributed by atoms with Crippen molar-refractivity contribution in [1.82, 2.24) is 14.5 Å². The summed E-state index contributed by atoms with van der Waals surface area (Å²) in [5, 5.41) is 0. The van der Waals surface area contributed by atoms with Crippen LogP contribution in [0.25, 0.3) is 0 Å². The molecule has 1 aromatic rings. The molecule has 2 heterocycles. The number of fused-ring (bicyclic) bond motifs is 1. The van der Waals surface area contributed by atoms with Crippen molar-refractivity contribution in [3.05, 3.63) is 27.4 Å². The minimum absolute atomic E-state index is 0.160. The molecular weight excluding hydrogens is 238 g/mol. The van der Waals surface area contributed by atoms with Gasteiger partial charge in [-0.25, -0.2) is 4.98 Å². The first-order chi connectivity index (χ1) is 9.02. The molecule has 106 valence electrons. The second kappa shape index (κ2) is 5.87. The van der Waals surface area contributed by atoms with Crippen molar-refractivity contribution in [2.24, 2.45) is 13.0 Å². The van der Waals surface area contributed by atoms with Crippen LogP contribution in [0.3, 0.4) is 0 Å². The first-order valence-electron chi connectivity index (χ1n) is 7.33. The van der Waals surface area contributed by atoms with Crippen LogP contribution in [0.5, 0.6) is 0 Å². The van der Waals surface area contributed by atoms with Crippen LogP contribution in [0.1, 0.15) is 37.9 Å². The molecule has 0 atom stereocenters. The Balaban J connectivity index is 2.28. The summed E-state index contributed by atoms with van der Waals surface area (Å²) in [6, 6.07) is 0. The minimum Gasteiger partial charge on any atom is -0.302 e. The van der Waals surface area contributed by atoms with Crippen molar-refractivity contribution >= 4 is 0 Å².